The van der Waals surface area contributed by atoms with Gasteiger partial charge in [0.2, 0.25) is 17.7 Å². The van der Waals surface area contributed by atoms with Crippen LogP contribution in [-0.2, 0) is 57.4 Å². The number of amides is 3. The molecule has 5 fully saturated rings. The highest BCUT2D eigenvalue weighted by molar-refractivity contribution is 7.93. The van der Waals surface area contributed by atoms with Gasteiger partial charge in [-0.05, 0) is 159 Å². The molecule has 0 bridgehead atoms. The Kier molecular flexibility index (Phi) is 23.1. The minimum Gasteiger partial charge on any atom is -0.497 e. The summed E-state index contributed by atoms with van der Waals surface area (Å²) in [6.07, 6.45) is 8.74. The number of benzene rings is 6. The van der Waals surface area contributed by atoms with Gasteiger partial charge in [0.05, 0.1) is 44.6 Å². The highest BCUT2D eigenvalue weighted by Crippen LogP contribution is 2.39. The first-order chi connectivity index (χ1) is 50.2. The zero-order chi connectivity index (χ0) is 72.7. The molecule has 9 heterocycles. The van der Waals surface area contributed by atoms with Crippen molar-refractivity contribution >= 4 is 132 Å². The standard InChI is InChI=1S/C25H28FN5O3S2.C25H29N5O4S2.C22H21ClN4O3S2.3H2/c1-18(19-2-4-20(26)5-3-19)29-13-15-30(16-14-29)23-10-12-31(24(23)32)21-6-8-22(9-7-21)36(33,34)28-25-27-11-17-35-25;1-34-21-4-2-3-19(17-21)18-28-12-14-29(15-13-28)23-9-11-30(24(23)31)20-5-7-22(8-6-20)36(32,33)27-25-26-10-16-35-25;23-18-5-1-3-15-4-2-12-27(20(15)18)19-10-13-26(21(19)28)16-6-8-17(9-7-16)32(29,30)25-22-24-11-14-31-22;;;/h2-9,11,17-18,23H,10,12-16H2,1H3,(H,27,28);2-8,10,16-17,23H,9,11-15,18H2,1H3,(H,26,27);1,3,5-9,11,14,19H,2,4,10,12-13H2,(H,24,25);3*1H/t18-,23-;23-;19-;;;/m000.../s1. The number of methoxy groups -OCH3 is 1. The number of hydrogen-bond donors (Lipinski definition) is 3. The van der Waals surface area contributed by atoms with Crippen LogP contribution in [0.4, 0.5) is 42.5 Å². The average Bonchev–Trinajstić information content (AvgIpc) is 1.70. The molecule has 6 aromatic carbocycles. The number of sulfonamides is 3. The molecule has 32 heteroatoms. The number of ether oxygens (including phenoxy) is 1. The van der Waals surface area contributed by atoms with Crippen molar-refractivity contribution in [2.75, 3.05) is 119 Å². The summed E-state index contributed by atoms with van der Waals surface area (Å²) < 4.78 is 101. The summed E-state index contributed by atoms with van der Waals surface area (Å²) in [6, 6.07) is 39.5. The number of hydrogen-bond acceptors (Lipinski definition) is 21. The summed E-state index contributed by atoms with van der Waals surface area (Å²) in [5, 5.41) is 6.72. The van der Waals surface area contributed by atoms with Crippen molar-refractivity contribution in [2.45, 2.75) is 84.4 Å². The summed E-state index contributed by atoms with van der Waals surface area (Å²) in [5.41, 5.74) is 6.54. The summed E-state index contributed by atoms with van der Waals surface area (Å²) in [4.78, 5) is 68.8. The second-order valence-electron chi connectivity index (χ2n) is 25.7. The van der Waals surface area contributed by atoms with Gasteiger partial charge in [0.15, 0.2) is 15.4 Å². The molecular weight excluding hydrogens is 1470 g/mol. The van der Waals surface area contributed by atoms with Crippen LogP contribution in [0.5, 0.6) is 5.75 Å². The van der Waals surface area contributed by atoms with Gasteiger partial charge in [0.25, 0.3) is 30.1 Å². The second-order valence-corrected chi connectivity index (χ2v) is 33.8. The number of piperazine rings is 2. The molecule has 552 valence electrons. The summed E-state index contributed by atoms with van der Waals surface area (Å²) in [5.74, 6) is 0.765. The van der Waals surface area contributed by atoms with E-state index in [0.29, 0.717) is 63.5 Å². The Hall–Kier alpha value is -8.47. The van der Waals surface area contributed by atoms with Crippen molar-refractivity contribution in [3.8, 4) is 5.75 Å². The number of aryl methyl sites for hydroxylation is 1. The largest absolute Gasteiger partial charge is 0.497 e. The van der Waals surface area contributed by atoms with E-state index in [1.54, 1.807) is 80.5 Å². The van der Waals surface area contributed by atoms with Crippen LogP contribution < -0.4 is 38.5 Å². The molecule has 104 heavy (non-hydrogen) atoms. The molecule has 3 amide bonds. The van der Waals surface area contributed by atoms with Crippen molar-refractivity contribution in [3.63, 3.8) is 0 Å². The third-order valence-corrected chi connectivity index (χ3v) is 26.3. The van der Waals surface area contributed by atoms with Gasteiger partial charge in [-0.2, -0.15) is 0 Å². The first kappa shape index (κ1) is 73.8. The van der Waals surface area contributed by atoms with Crippen LogP contribution in [0.15, 0.2) is 189 Å². The van der Waals surface area contributed by atoms with E-state index in [1.165, 1.54) is 106 Å². The van der Waals surface area contributed by atoms with Crippen molar-refractivity contribution in [1.29, 1.82) is 0 Å². The highest BCUT2D eigenvalue weighted by Gasteiger charge is 2.42. The number of halogens is 2. The molecule has 3 aromatic heterocycles. The molecule has 0 aliphatic carbocycles. The normalized spacial score (nSPS) is 19.6. The lowest BCUT2D eigenvalue weighted by molar-refractivity contribution is -0.123. The fourth-order valence-corrected chi connectivity index (χ4v) is 19.8. The van der Waals surface area contributed by atoms with Crippen LogP contribution in [0.25, 0.3) is 0 Å². The third-order valence-electron chi connectivity index (χ3n) is 19.5. The number of nitrogens with one attached hydrogen (secondary N) is 3. The van der Waals surface area contributed by atoms with Gasteiger partial charge in [0.1, 0.15) is 17.6 Å². The second kappa shape index (κ2) is 32.5. The van der Waals surface area contributed by atoms with E-state index in [2.05, 4.69) is 78.7 Å². The number of nitrogens with zero attached hydrogens (tertiary/aromatic N) is 11. The number of para-hydroxylation sites is 1. The molecule has 15 rings (SSSR count). The fraction of sp³-hybridized carbons (Fsp3) is 0.333. The van der Waals surface area contributed by atoms with Gasteiger partial charge in [-0.3, -0.25) is 48.1 Å². The molecule has 0 radical (unpaired) electrons. The first-order valence-corrected chi connectivity index (χ1v) is 41.5. The molecule has 3 N–H and O–H groups in total. The molecule has 6 aliphatic heterocycles. The van der Waals surface area contributed by atoms with Crippen LogP contribution in [-0.4, -0.2) is 181 Å². The van der Waals surface area contributed by atoms with Crippen LogP contribution in [0.1, 0.15) is 59.6 Å². The maximum Gasteiger partial charge on any atom is 0.263 e. The molecule has 5 saturated heterocycles. The minimum absolute atomic E-state index is 0. The maximum absolute atomic E-state index is 13.3. The fourth-order valence-electron chi connectivity index (χ4n) is 14.1. The number of aromatic nitrogens is 3. The van der Waals surface area contributed by atoms with Crippen molar-refractivity contribution in [3.05, 3.63) is 202 Å². The van der Waals surface area contributed by atoms with E-state index in [1.807, 2.05) is 36.4 Å². The lowest BCUT2D eigenvalue weighted by atomic mass is 9.99. The maximum atomic E-state index is 13.3. The smallest absolute Gasteiger partial charge is 0.263 e. The van der Waals surface area contributed by atoms with Crippen LogP contribution >= 0.6 is 45.6 Å². The molecule has 9 aromatic rings. The molecule has 0 unspecified atom stereocenters. The molecule has 6 aliphatic rings. The van der Waals surface area contributed by atoms with E-state index < -0.39 is 30.1 Å². The summed E-state index contributed by atoms with van der Waals surface area (Å²) in [6.45, 7) is 12.3. The molecule has 0 saturated carbocycles. The zero-order valence-electron chi connectivity index (χ0n) is 57.0. The lowest BCUT2D eigenvalue weighted by Crippen LogP contribution is -2.52. The highest BCUT2D eigenvalue weighted by atomic mass is 35.5. The van der Waals surface area contributed by atoms with Gasteiger partial charge in [0, 0.05) is 147 Å². The Morgan fingerprint density at radius 1 is 0.538 bits per heavy atom. The predicted octanol–water partition coefficient (Wildman–Crippen LogP) is 11.3. The number of rotatable bonds is 20. The van der Waals surface area contributed by atoms with E-state index in [-0.39, 0.29) is 66.7 Å². The van der Waals surface area contributed by atoms with Crippen LogP contribution in [0.3, 0.4) is 0 Å². The van der Waals surface area contributed by atoms with E-state index >= 15 is 0 Å². The SMILES string of the molecule is COc1cccc(CN2CCN([C@H]3CCN(c4ccc(S(=O)(=O)Nc5nccs5)cc4)C3=O)CC2)c1.C[C@@H](c1ccc(F)cc1)N1CCN([C@H]2CCN(c3ccc(S(=O)(=O)Nc4nccs4)cc3)C2=O)CC1.O=C1[C@@H](N2CCCc3cccc(Cl)c32)CCN1c1ccc(S(=O)(=O)Nc2nccs2)cc1.[HH].[HH].[HH]. The first-order valence-electron chi connectivity index (χ1n) is 34.1. The summed E-state index contributed by atoms with van der Waals surface area (Å²) >= 11 is 10.1. The number of anilines is 7. The van der Waals surface area contributed by atoms with Crippen LogP contribution in [0, 0.1) is 5.82 Å². The predicted molar refractivity (Wildman–Crippen MR) is 412 cm³/mol. The van der Waals surface area contributed by atoms with Gasteiger partial charge >= 0.3 is 0 Å². The Bertz CT molecular complexity index is 4810. The summed E-state index contributed by atoms with van der Waals surface area (Å²) in [7, 11) is -9.51. The van der Waals surface area contributed by atoms with Gasteiger partial charge in [-0.1, -0.05) is 48.0 Å². The third kappa shape index (κ3) is 17.1. The Balaban J connectivity index is 0.000000169. The quantitative estimate of drug-likeness (QED) is 0.0640. The molecule has 24 nitrogen and oxygen atoms in total. The Morgan fingerprint density at radius 3 is 1.41 bits per heavy atom. The number of thiazole rings is 3. The van der Waals surface area contributed by atoms with E-state index in [4.69, 9.17) is 16.3 Å². The van der Waals surface area contributed by atoms with Crippen molar-refractivity contribution in [1.82, 2.24) is 34.6 Å². The minimum atomic E-state index is -3.74. The Morgan fingerprint density at radius 2 is 0.971 bits per heavy atom. The van der Waals surface area contributed by atoms with E-state index in [9.17, 15) is 44.0 Å². The van der Waals surface area contributed by atoms with Crippen LogP contribution in [0.2, 0.25) is 5.02 Å². The molecule has 0 spiro atoms. The Labute approximate surface area is 626 Å². The number of carbonyl (C=O) groups excluding carboxylic acids is 3. The molecular formula is C72H84ClFN14O10S6. The van der Waals surface area contributed by atoms with Gasteiger partial charge in [-0.15, -0.1) is 34.0 Å². The molecule has 4 atom stereocenters. The monoisotopic (exact) mass is 1550 g/mol. The van der Waals surface area contributed by atoms with Gasteiger partial charge in [-0.25, -0.2) is 44.6 Å². The van der Waals surface area contributed by atoms with Gasteiger partial charge < -0.3 is 24.3 Å². The van der Waals surface area contributed by atoms with Crippen molar-refractivity contribution < 1.29 is 53.0 Å². The number of carbonyl (C=O) groups is 3. The topological polar surface area (TPSA) is 264 Å². The van der Waals surface area contributed by atoms with Crippen molar-refractivity contribution in [2.24, 2.45) is 0 Å². The average molecular weight is 1550 g/mol. The zero-order valence-corrected chi connectivity index (χ0v) is 62.6. The number of fused-ring (bicyclic) bond motifs is 1. The lowest BCUT2D eigenvalue weighted by Gasteiger charge is -2.40. The van der Waals surface area contributed by atoms with E-state index in [0.717, 1.165) is 108 Å².